The van der Waals surface area contributed by atoms with Crippen LogP contribution in [0.4, 0.5) is 98.0 Å². The number of nitrogens with two attached hydrogens (primary N) is 4. The fourth-order valence-electron chi connectivity index (χ4n) is 15.5. The number of ether oxygens (including phenoxy) is 3. The summed E-state index contributed by atoms with van der Waals surface area (Å²) >= 11 is 3.43. The summed E-state index contributed by atoms with van der Waals surface area (Å²) in [6.45, 7) is 7.97. The van der Waals surface area contributed by atoms with Crippen molar-refractivity contribution in [2.24, 2.45) is 46.6 Å². The molecule has 4 aromatic heterocycles. The number of alkyl halides is 9. The van der Waals surface area contributed by atoms with Crippen LogP contribution in [0.15, 0.2) is 157 Å². The van der Waals surface area contributed by atoms with E-state index in [0.29, 0.717) is 106 Å². The molecular weight excluding hydrogens is 1760 g/mol. The number of anilines is 9. The van der Waals surface area contributed by atoms with Gasteiger partial charge in [0.1, 0.15) is 40.9 Å². The molecule has 14 rings (SSSR count). The minimum Gasteiger partial charge on any atom is -0.405 e. The third kappa shape index (κ3) is 34.3. The van der Waals surface area contributed by atoms with Crippen LogP contribution in [0.3, 0.4) is 0 Å². The third-order valence-electron chi connectivity index (χ3n) is 22.8. The molecule has 4 aliphatic carbocycles. The van der Waals surface area contributed by atoms with Crippen molar-refractivity contribution in [2.75, 3.05) is 86.7 Å². The zero-order valence-electron chi connectivity index (χ0n) is 72.6. The molecule has 130 heavy (non-hydrogen) atoms. The molecule has 0 radical (unpaired) electrons. The van der Waals surface area contributed by atoms with Crippen molar-refractivity contribution >= 4 is 74.4 Å². The molecule has 9 aromatic rings. The van der Waals surface area contributed by atoms with E-state index in [1.54, 1.807) is 55.0 Å². The first-order chi connectivity index (χ1) is 62.6. The molecular formula is C93H114BrF9N22O5. The summed E-state index contributed by atoms with van der Waals surface area (Å²) in [5, 5.41) is 36.9. The first-order valence-electron chi connectivity index (χ1n) is 44.2. The Bertz CT molecular complexity index is 5150. The topological polar surface area (TPSA) is 378 Å². The van der Waals surface area contributed by atoms with Gasteiger partial charge in [0.2, 0.25) is 29.6 Å². The Morgan fingerprint density at radius 1 is 0.431 bits per heavy atom. The highest BCUT2D eigenvalue weighted by molar-refractivity contribution is 9.10. The minimum atomic E-state index is -4.77. The molecule has 1 aliphatic heterocycles. The van der Waals surface area contributed by atoms with Gasteiger partial charge in [0.25, 0.3) is 0 Å². The normalized spacial score (nSPS) is 19.1. The molecule has 1 saturated heterocycles. The van der Waals surface area contributed by atoms with Crippen LogP contribution in [-0.2, 0) is 26.2 Å². The standard InChI is InChI=1S/C27H28F3N5O.C24H30F3N5O.C23H33N7O2.C19H23BrF3N5O/c28-27(29,30)36-24-9-5-4-8-21(24)17-33-26-34-18-22(13-10-19-6-2-1-3-7-19)25(35-26)32-16-20-11-14-23(31)15-12-20;1-2-3-4-8-19-16-31-23(32-22(19)29-14-17-10-12-20(28)13-11-17)30-15-18-7-5-6-9-21(18)33-24(25,26)27;24-19-9-7-17(8-10-19)14-25-22-21(30(31)32)16-27-23(28-22)26-15-18-5-4-6-20(13-18)29-11-2-1-3-12-29;20-15-11-27-18(28-17(15)25-9-12-5-7-14(24)8-6-12)26-10-13-3-1-2-4-16(13)29-19(21,22)23/h1-9,18,20,23H,11-12,14-17,31H2,(H2,32,33,34,35);5-7,9,16-17,20H,2-3,10-15,28H2,1H3,(H2,29,30,31,32);4-6,13,16-17,19H,1-3,7-12,14-15,24H2,(H2,25,26,27,28);1-4,11-12,14H,5-10,24H2,(H2,25,26,27,28). The van der Waals surface area contributed by atoms with Gasteiger partial charge in [-0.1, -0.05) is 116 Å². The molecule has 0 bridgehead atoms. The molecule has 37 heteroatoms. The fourth-order valence-corrected chi connectivity index (χ4v) is 15.8. The van der Waals surface area contributed by atoms with Gasteiger partial charge in [0.05, 0.1) is 32.9 Å². The maximum atomic E-state index is 12.7. The Morgan fingerprint density at radius 3 is 1.22 bits per heavy atom. The highest BCUT2D eigenvalue weighted by Crippen LogP contribution is 2.35. The van der Waals surface area contributed by atoms with Crippen LogP contribution in [0, 0.1) is 57.5 Å². The zero-order chi connectivity index (χ0) is 92.3. The summed E-state index contributed by atoms with van der Waals surface area (Å²) in [7, 11) is 0. The van der Waals surface area contributed by atoms with Crippen LogP contribution in [0.1, 0.15) is 181 Å². The Morgan fingerprint density at radius 2 is 0.800 bits per heavy atom. The van der Waals surface area contributed by atoms with E-state index < -0.39 is 24.0 Å². The first kappa shape index (κ1) is 98.8. The molecule has 27 nitrogen and oxygen atoms in total. The number of unbranched alkanes of at least 4 members (excludes halogenated alkanes) is 1. The van der Waals surface area contributed by atoms with E-state index >= 15 is 0 Å². The Kier molecular flexibility index (Phi) is 37.9. The van der Waals surface area contributed by atoms with E-state index in [9.17, 15) is 49.6 Å². The number of rotatable bonds is 30. The number of hydrogen-bond donors (Lipinski definition) is 12. The molecule has 5 fully saturated rings. The van der Waals surface area contributed by atoms with Gasteiger partial charge in [-0.15, -0.1) is 39.5 Å². The first-order valence-corrected chi connectivity index (χ1v) is 45.0. The number of nitro groups is 1. The summed E-state index contributed by atoms with van der Waals surface area (Å²) in [4.78, 5) is 48.4. The molecule has 0 unspecified atom stereocenters. The van der Waals surface area contributed by atoms with Gasteiger partial charge in [-0.25, -0.2) is 19.9 Å². The maximum absolute atomic E-state index is 12.7. The van der Waals surface area contributed by atoms with Crippen molar-refractivity contribution in [1.82, 2.24) is 39.9 Å². The second-order valence-electron chi connectivity index (χ2n) is 32.9. The van der Waals surface area contributed by atoms with Crippen molar-refractivity contribution in [2.45, 2.75) is 211 Å². The Labute approximate surface area is 760 Å². The summed E-state index contributed by atoms with van der Waals surface area (Å²) in [5.41, 5.74) is 29.5. The Balaban J connectivity index is 0.000000168. The summed E-state index contributed by atoms with van der Waals surface area (Å²) < 4.78 is 127. The summed E-state index contributed by atoms with van der Waals surface area (Å²) in [5.74, 6) is 17.1. The number of para-hydroxylation sites is 3. The van der Waals surface area contributed by atoms with Gasteiger partial charge < -0.3 is 84.6 Å². The predicted molar refractivity (Wildman–Crippen MR) is 492 cm³/mol. The van der Waals surface area contributed by atoms with E-state index in [1.807, 2.05) is 30.3 Å². The van der Waals surface area contributed by atoms with Crippen LogP contribution in [0.25, 0.3) is 0 Å². The summed E-state index contributed by atoms with van der Waals surface area (Å²) in [6, 6.07) is 37.1. The van der Waals surface area contributed by atoms with Crippen LogP contribution >= 0.6 is 15.9 Å². The van der Waals surface area contributed by atoms with E-state index in [4.69, 9.17) is 22.9 Å². The maximum Gasteiger partial charge on any atom is 0.573 e. The zero-order valence-corrected chi connectivity index (χ0v) is 74.2. The SMILES string of the molecule is CCCC#Cc1cnc(NCc2ccccc2OC(F)(F)F)nc1NCC1CCC(N)CC1.NC1CCC(CNc2nc(NCc3cccc(N4CCCCC4)c3)ncc2[N+](=O)[O-])CC1.NC1CCC(CNc2nc(NCc3ccccc3OC(F)(F)F)ncc2Br)CC1.NC1CCC(CNc2nc(NCc3ccccc3OC(F)(F)F)ncc2C#Cc2ccccc2)CC1. The van der Waals surface area contributed by atoms with E-state index in [2.05, 4.69) is 172 Å². The number of nitrogens with one attached hydrogen (secondary N) is 8. The monoisotopic (exact) mass is 1870 g/mol. The van der Waals surface area contributed by atoms with Crippen molar-refractivity contribution < 1.29 is 58.6 Å². The Hall–Kier alpha value is -11.8. The lowest BCUT2D eigenvalue weighted by Crippen LogP contribution is -2.29. The minimum absolute atomic E-state index is 0.0568. The van der Waals surface area contributed by atoms with Crippen molar-refractivity contribution in [3.8, 4) is 40.9 Å². The van der Waals surface area contributed by atoms with Crippen molar-refractivity contribution in [3.05, 3.63) is 206 Å². The molecule has 0 spiro atoms. The largest absolute Gasteiger partial charge is 0.573 e. The smallest absolute Gasteiger partial charge is 0.405 e. The van der Waals surface area contributed by atoms with Gasteiger partial charge in [0, 0.05) is 130 Å². The second kappa shape index (κ2) is 49.9. The van der Waals surface area contributed by atoms with Crippen LogP contribution < -0.4 is 84.6 Å². The molecule has 5 heterocycles. The lowest BCUT2D eigenvalue weighted by atomic mass is 9.86. The third-order valence-corrected chi connectivity index (χ3v) is 23.4. The lowest BCUT2D eigenvalue weighted by molar-refractivity contribution is -0.384. The molecule has 0 amide bonds. The number of aromatic nitrogens is 8. The summed E-state index contributed by atoms with van der Waals surface area (Å²) in [6.07, 6.45) is 13.9. The predicted octanol–water partition coefficient (Wildman–Crippen LogP) is 19.0. The highest BCUT2D eigenvalue weighted by atomic mass is 79.9. The average molecular weight is 1870 g/mol. The van der Waals surface area contributed by atoms with E-state index in [1.165, 1.54) is 67.5 Å². The van der Waals surface area contributed by atoms with Gasteiger partial charge in [-0.3, -0.25) is 10.1 Å². The molecule has 5 aromatic carbocycles. The van der Waals surface area contributed by atoms with Crippen molar-refractivity contribution in [1.29, 1.82) is 0 Å². The molecule has 696 valence electrons. The van der Waals surface area contributed by atoms with Crippen LogP contribution in [-0.4, -0.2) is 127 Å². The van der Waals surface area contributed by atoms with Crippen LogP contribution in [0.2, 0.25) is 0 Å². The number of hydrogen-bond acceptors (Lipinski definition) is 26. The van der Waals surface area contributed by atoms with Gasteiger partial charge in [-0.05, 0) is 216 Å². The van der Waals surface area contributed by atoms with E-state index in [-0.39, 0.29) is 72.5 Å². The van der Waals surface area contributed by atoms with Gasteiger partial charge in [0.15, 0.2) is 0 Å². The second-order valence-corrected chi connectivity index (χ2v) is 33.8. The molecule has 16 N–H and O–H groups in total. The number of nitrogens with zero attached hydrogens (tertiary/aromatic N) is 10. The quantitative estimate of drug-likeness (QED) is 0.00861. The van der Waals surface area contributed by atoms with E-state index in [0.717, 1.165) is 164 Å². The molecule has 5 aliphatic rings. The average Bonchev–Trinajstić information content (AvgIpc) is 0.829. The van der Waals surface area contributed by atoms with Gasteiger partial charge >= 0.3 is 24.8 Å². The lowest BCUT2D eigenvalue weighted by Gasteiger charge is -2.29. The van der Waals surface area contributed by atoms with Crippen molar-refractivity contribution in [3.63, 3.8) is 0 Å². The van der Waals surface area contributed by atoms with Crippen LogP contribution in [0.5, 0.6) is 17.2 Å². The highest BCUT2D eigenvalue weighted by Gasteiger charge is 2.35. The number of piperidine rings is 1. The fraction of sp³-hybridized carbons (Fsp3) is 0.462. The number of halogens is 10. The molecule has 4 saturated carbocycles. The van der Waals surface area contributed by atoms with Gasteiger partial charge in [-0.2, -0.15) is 19.9 Å². The number of benzene rings is 5. The molecule has 0 atom stereocenters.